The van der Waals surface area contributed by atoms with Crippen LogP contribution in [-0.2, 0) is 16.1 Å². The Morgan fingerprint density at radius 3 is 2.24 bits per heavy atom. The number of fused-ring (bicyclic) bond motifs is 2. The van der Waals surface area contributed by atoms with E-state index in [2.05, 4.69) is 14.8 Å². The van der Waals surface area contributed by atoms with Crippen molar-refractivity contribution in [2.75, 3.05) is 49.1 Å². The number of hydrogen-bond donors (Lipinski definition) is 0. The first-order chi connectivity index (χ1) is 17.8. The molecular weight excluding hydrogens is 472 g/mol. The van der Waals surface area contributed by atoms with Crippen LogP contribution in [0.2, 0.25) is 0 Å². The van der Waals surface area contributed by atoms with Crippen LogP contribution in [0.1, 0.15) is 39.2 Å². The van der Waals surface area contributed by atoms with Gasteiger partial charge in [0, 0.05) is 45.5 Å². The molecule has 0 unspecified atom stereocenters. The monoisotopic (exact) mass is 508 g/mol. The van der Waals surface area contributed by atoms with Crippen molar-refractivity contribution >= 4 is 24.0 Å². The molecule has 5 rings (SSSR count). The molecule has 3 aliphatic heterocycles. The molecule has 0 N–H and O–H groups in total. The number of rotatable bonds is 4. The summed E-state index contributed by atoms with van der Waals surface area (Å²) in [7, 11) is 0. The fraction of sp³-hybridized carbons (Fsp3) is 0.556. The lowest BCUT2D eigenvalue weighted by atomic mass is 10.2. The van der Waals surface area contributed by atoms with Crippen LogP contribution in [0.15, 0.2) is 42.6 Å². The average Bonchev–Trinajstić information content (AvgIpc) is 3.16. The van der Waals surface area contributed by atoms with Crippen molar-refractivity contribution in [3.05, 3.63) is 48.2 Å². The number of likely N-dealkylation sites (tertiary alicyclic amines) is 1. The molecule has 2 atom stereocenters. The van der Waals surface area contributed by atoms with Gasteiger partial charge < -0.3 is 29.1 Å². The first-order valence-electron chi connectivity index (χ1n) is 13.1. The smallest absolute Gasteiger partial charge is 0.410 e. The summed E-state index contributed by atoms with van der Waals surface area (Å²) < 4.78 is 11.1. The molecule has 2 amide bonds. The zero-order valence-corrected chi connectivity index (χ0v) is 21.9. The van der Waals surface area contributed by atoms with Gasteiger partial charge in [-0.25, -0.2) is 14.6 Å². The molecule has 198 valence electrons. The fourth-order valence-corrected chi connectivity index (χ4v) is 5.27. The fourth-order valence-electron chi connectivity index (χ4n) is 5.27. The van der Waals surface area contributed by atoms with E-state index in [0.717, 1.165) is 24.2 Å². The largest absolute Gasteiger partial charge is 0.445 e. The summed E-state index contributed by atoms with van der Waals surface area (Å²) in [4.78, 5) is 42.7. The van der Waals surface area contributed by atoms with Gasteiger partial charge in [-0.1, -0.05) is 30.3 Å². The van der Waals surface area contributed by atoms with Crippen molar-refractivity contribution < 1.29 is 19.1 Å². The van der Waals surface area contributed by atoms with E-state index in [0.29, 0.717) is 45.2 Å². The SMILES string of the molecule is CC(C)(C)OC(=O)N1C[C@H]2CC[C@@H](C1)N2c1nccc(N2CCN(C(=O)OCc3ccccc3)CC2)n1. The minimum atomic E-state index is -0.507. The number of carbonyl (C=O) groups is 2. The average molecular weight is 509 g/mol. The maximum Gasteiger partial charge on any atom is 0.410 e. The highest BCUT2D eigenvalue weighted by Gasteiger charge is 2.43. The molecule has 10 nitrogen and oxygen atoms in total. The lowest BCUT2D eigenvalue weighted by molar-refractivity contribution is 0.0208. The number of anilines is 2. The van der Waals surface area contributed by atoms with Crippen LogP contribution in [0.4, 0.5) is 21.4 Å². The molecule has 3 fully saturated rings. The van der Waals surface area contributed by atoms with Crippen LogP contribution in [0.25, 0.3) is 0 Å². The van der Waals surface area contributed by atoms with Crippen LogP contribution in [-0.4, -0.2) is 88.9 Å². The first-order valence-corrected chi connectivity index (χ1v) is 13.1. The second-order valence-electron chi connectivity index (χ2n) is 10.9. The van der Waals surface area contributed by atoms with Gasteiger partial charge >= 0.3 is 12.2 Å². The minimum absolute atomic E-state index is 0.178. The molecule has 0 saturated carbocycles. The van der Waals surface area contributed by atoms with E-state index in [1.807, 2.05) is 62.1 Å². The van der Waals surface area contributed by atoms with E-state index in [-0.39, 0.29) is 30.9 Å². The molecule has 37 heavy (non-hydrogen) atoms. The van der Waals surface area contributed by atoms with E-state index in [1.54, 1.807) is 11.1 Å². The van der Waals surface area contributed by atoms with Crippen LogP contribution in [0.5, 0.6) is 0 Å². The predicted molar refractivity (Wildman–Crippen MR) is 140 cm³/mol. The molecule has 2 aromatic rings. The van der Waals surface area contributed by atoms with Gasteiger partial charge in [0.05, 0.1) is 12.1 Å². The second kappa shape index (κ2) is 10.4. The maximum absolute atomic E-state index is 12.6. The third-order valence-corrected chi connectivity index (χ3v) is 7.06. The minimum Gasteiger partial charge on any atom is -0.445 e. The summed E-state index contributed by atoms with van der Waals surface area (Å²) in [5, 5.41) is 0. The number of nitrogens with zero attached hydrogens (tertiary/aromatic N) is 6. The summed E-state index contributed by atoms with van der Waals surface area (Å²) in [5.74, 6) is 1.56. The topological polar surface area (TPSA) is 91.3 Å². The number of hydrogen-bond acceptors (Lipinski definition) is 8. The Morgan fingerprint density at radius 1 is 0.919 bits per heavy atom. The number of benzene rings is 1. The summed E-state index contributed by atoms with van der Waals surface area (Å²) in [6.07, 6.45) is 3.27. The number of piperazine rings is 2. The molecule has 1 aromatic heterocycles. The Hall–Kier alpha value is -3.56. The highest BCUT2D eigenvalue weighted by molar-refractivity contribution is 5.69. The van der Waals surface area contributed by atoms with Crippen LogP contribution < -0.4 is 9.80 Å². The summed E-state index contributed by atoms with van der Waals surface area (Å²) in [6.45, 7) is 9.68. The third kappa shape index (κ3) is 5.89. The van der Waals surface area contributed by atoms with Crippen molar-refractivity contribution in [1.82, 2.24) is 19.8 Å². The summed E-state index contributed by atoms with van der Waals surface area (Å²) >= 11 is 0. The van der Waals surface area contributed by atoms with Gasteiger partial charge in [-0.05, 0) is 45.2 Å². The zero-order valence-electron chi connectivity index (χ0n) is 21.9. The van der Waals surface area contributed by atoms with Crippen molar-refractivity contribution in [2.45, 2.75) is 57.9 Å². The Morgan fingerprint density at radius 2 is 1.59 bits per heavy atom. The normalized spacial score (nSPS) is 21.7. The van der Waals surface area contributed by atoms with Gasteiger partial charge in [-0.2, -0.15) is 4.98 Å². The molecule has 1 aromatic carbocycles. The van der Waals surface area contributed by atoms with Crippen molar-refractivity contribution in [3.8, 4) is 0 Å². The van der Waals surface area contributed by atoms with Crippen molar-refractivity contribution in [2.24, 2.45) is 0 Å². The number of ether oxygens (including phenoxy) is 2. The van der Waals surface area contributed by atoms with E-state index < -0.39 is 5.60 Å². The number of carbonyl (C=O) groups excluding carboxylic acids is 2. The van der Waals surface area contributed by atoms with Gasteiger partial charge in [0.15, 0.2) is 0 Å². The molecule has 10 heteroatoms. The second-order valence-corrected chi connectivity index (χ2v) is 10.9. The van der Waals surface area contributed by atoms with Crippen LogP contribution >= 0.6 is 0 Å². The number of aromatic nitrogens is 2. The predicted octanol–water partition coefficient (Wildman–Crippen LogP) is 3.52. The molecule has 0 spiro atoms. The van der Waals surface area contributed by atoms with Crippen LogP contribution in [0, 0.1) is 0 Å². The Bertz CT molecular complexity index is 1090. The Labute approximate surface area is 218 Å². The molecule has 2 bridgehead atoms. The molecular formula is C27H36N6O4. The van der Waals surface area contributed by atoms with Crippen LogP contribution in [0.3, 0.4) is 0 Å². The highest BCUT2D eigenvalue weighted by Crippen LogP contribution is 2.34. The first kappa shape index (κ1) is 25.1. The van der Waals surface area contributed by atoms with Gasteiger partial charge in [-0.15, -0.1) is 0 Å². The van der Waals surface area contributed by atoms with Gasteiger partial charge in [0.25, 0.3) is 0 Å². The quantitative estimate of drug-likeness (QED) is 0.620. The van der Waals surface area contributed by atoms with E-state index >= 15 is 0 Å². The van der Waals surface area contributed by atoms with Gasteiger partial charge in [0.2, 0.25) is 5.95 Å². The third-order valence-electron chi connectivity index (χ3n) is 7.06. The van der Waals surface area contributed by atoms with Gasteiger partial charge in [0.1, 0.15) is 18.0 Å². The zero-order chi connectivity index (χ0) is 26.0. The van der Waals surface area contributed by atoms with E-state index in [9.17, 15) is 9.59 Å². The molecule has 4 heterocycles. The highest BCUT2D eigenvalue weighted by atomic mass is 16.6. The maximum atomic E-state index is 12.6. The standard InChI is InChI=1S/C27H36N6O4/c1-27(2,3)37-26(35)32-17-21-9-10-22(18-32)33(21)24-28-12-11-23(29-24)30-13-15-31(16-14-30)25(34)36-19-20-7-5-4-6-8-20/h4-8,11-12,21-22H,9-10,13-19H2,1-3H3/t21-,22+. The van der Waals surface area contributed by atoms with Gasteiger partial charge in [-0.3, -0.25) is 0 Å². The van der Waals surface area contributed by atoms with Crippen molar-refractivity contribution in [1.29, 1.82) is 0 Å². The lowest BCUT2D eigenvalue weighted by Crippen LogP contribution is -2.56. The molecule has 3 aliphatic rings. The van der Waals surface area contributed by atoms with Crippen molar-refractivity contribution in [3.63, 3.8) is 0 Å². The van der Waals surface area contributed by atoms with E-state index in [4.69, 9.17) is 14.5 Å². The molecule has 3 saturated heterocycles. The molecule has 0 radical (unpaired) electrons. The summed E-state index contributed by atoms with van der Waals surface area (Å²) in [5.41, 5.74) is 0.469. The Kier molecular flexibility index (Phi) is 7.08. The lowest BCUT2D eigenvalue weighted by Gasteiger charge is -2.41. The summed E-state index contributed by atoms with van der Waals surface area (Å²) in [6, 6.07) is 12.0. The van der Waals surface area contributed by atoms with E-state index in [1.165, 1.54) is 0 Å². The molecule has 0 aliphatic carbocycles. The Balaban J connectivity index is 1.17. The number of amides is 2.